The maximum Gasteiger partial charge on any atom is 0.325 e. The summed E-state index contributed by atoms with van der Waals surface area (Å²) in [6.45, 7) is -0.454. The van der Waals surface area contributed by atoms with Crippen LogP contribution in [0.2, 0.25) is 5.02 Å². The molecule has 1 spiro atoms. The lowest BCUT2D eigenvalue weighted by Gasteiger charge is -2.19. The van der Waals surface area contributed by atoms with E-state index in [1.54, 1.807) is 11.8 Å². The second kappa shape index (κ2) is 6.52. The van der Waals surface area contributed by atoms with Crippen molar-refractivity contribution in [2.75, 3.05) is 23.4 Å². The van der Waals surface area contributed by atoms with Gasteiger partial charge in [0.05, 0.1) is 15.6 Å². The Labute approximate surface area is 151 Å². The van der Waals surface area contributed by atoms with Crippen LogP contribution in [-0.2, 0) is 9.59 Å². The average molecular weight is 385 g/mol. The number of hydrogen-bond acceptors (Lipinski definition) is 6. The molecule has 1 aromatic carbocycles. The lowest BCUT2D eigenvalue weighted by Crippen LogP contribution is -2.47. The highest BCUT2D eigenvalue weighted by Gasteiger charge is 2.53. The SMILES string of the molecule is O=C(CN1C(=O)NC2(CCSC2)C1=O)Nc1ccc([N+](=O)[O-])cc1Cl. The third-order valence-electron chi connectivity index (χ3n) is 4.01. The molecular weight excluding hydrogens is 372 g/mol. The van der Waals surface area contributed by atoms with Gasteiger partial charge in [0.1, 0.15) is 12.1 Å². The van der Waals surface area contributed by atoms with Crippen molar-refractivity contribution in [3.8, 4) is 0 Å². The van der Waals surface area contributed by atoms with Crippen molar-refractivity contribution in [3.05, 3.63) is 33.3 Å². The van der Waals surface area contributed by atoms with Gasteiger partial charge in [0.25, 0.3) is 11.6 Å². The fourth-order valence-electron chi connectivity index (χ4n) is 2.70. The van der Waals surface area contributed by atoms with Crippen molar-refractivity contribution in [2.45, 2.75) is 12.0 Å². The number of hydrogen-bond donors (Lipinski definition) is 2. The molecule has 1 atom stereocenters. The highest BCUT2D eigenvalue weighted by atomic mass is 35.5. The fraction of sp³-hybridized carbons (Fsp3) is 0.357. The van der Waals surface area contributed by atoms with Gasteiger partial charge in [-0.1, -0.05) is 11.6 Å². The Morgan fingerprint density at radius 3 is 2.84 bits per heavy atom. The summed E-state index contributed by atoms with van der Waals surface area (Å²) < 4.78 is 0. The minimum absolute atomic E-state index is 0.0107. The quantitative estimate of drug-likeness (QED) is 0.462. The number of halogens is 1. The molecule has 1 aromatic rings. The van der Waals surface area contributed by atoms with Crippen molar-refractivity contribution in [3.63, 3.8) is 0 Å². The van der Waals surface area contributed by atoms with Gasteiger partial charge >= 0.3 is 6.03 Å². The van der Waals surface area contributed by atoms with Crippen LogP contribution in [0.3, 0.4) is 0 Å². The zero-order valence-electron chi connectivity index (χ0n) is 12.8. The summed E-state index contributed by atoms with van der Waals surface area (Å²) in [5.41, 5.74) is -0.958. The molecule has 0 saturated carbocycles. The Morgan fingerprint density at radius 1 is 1.48 bits per heavy atom. The van der Waals surface area contributed by atoms with E-state index in [4.69, 9.17) is 11.6 Å². The summed E-state index contributed by atoms with van der Waals surface area (Å²) in [6.07, 6.45) is 0.536. The number of nitro benzene ring substituents is 1. The summed E-state index contributed by atoms with van der Waals surface area (Å²) >= 11 is 7.48. The molecule has 2 heterocycles. The molecule has 2 aliphatic rings. The van der Waals surface area contributed by atoms with Crippen molar-refractivity contribution in [1.82, 2.24) is 10.2 Å². The number of benzene rings is 1. The molecule has 2 aliphatic heterocycles. The third kappa shape index (κ3) is 3.27. The van der Waals surface area contributed by atoms with Gasteiger partial charge in [0.15, 0.2) is 0 Å². The monoisotopic (exact) mass is 384 g/mol. The number of anilines is 1. The number of carbonyl (C=O) groups excluding carboxylic acids is 3. The number of rotatable bonds is 4. The second-order valence-electron chi connectivity index (χ2n) is 5.68. The molecule has 0 radical (unpaired) electrons. The molecule has 9 nitrogen and oxygen atoms in total. The molecule has 11 heteroatoms. The van der Waals surface area contributed by atoms with Crippen LogP contribution in [0.15, 0.2) is 18.2 Å². The van der Waals surface area contributed by atoms with Crippen LogP contribution in [0.5, 0.6) is 0 Å². The number of nitro groups is 1. The van der Waals surface area contributed by atoms with Gasteiger partial charge in [-0.2, -0.15) is 11.8 Å². The topological polar surface area (TPSA) is 122 Å². The van der Waals surface area contributed by atoms with Gasteiger partial charge in [-0.3, -0.25) is 24.6 Å². The van der Waals surface area contributed by atoms with E-state index in [0.717, 1.165) is 16.7 Å². The first-order valence-electron chi connectivity index (χ1n) is 7.28. The Morgan fingerprint density at radius 2 is 2.24 bits per heavy atom. The third-order valence-corrected chi connectivity index (χ3v) is 5.51. The van der Waals surface area contributed by atoms with E-state index >= 15 is 0 Å². The Kier molecular flexibility index (Phi) is 4.56. The molecule has 2 saturated heterocycles. The Balaban J connectivity index is 1.68. The maximum absolute atomic E-state index is 12.5. The van der Waals surface area contributed by atoms with E-state index in [-0.39, 0.29) is 16.4 Å². The zero-order valence-corrected chi connectivity index (χ0v) is 14.4. The molecule has 132 valence electrons. The van der Waals surface area contributed by atoms with Gasteiger partial charge in [-0.25, -0.2) is 4.79 Å². The maximum atomic E-state index is 12.5. The number of thioether (sulfide) groups is 1. The molecule has 4 amide bonds. The van der Waals surface area contributed by atoms with Gasteiger partial charge in [-0.15, -0.1) is 0 Å². The zero-order chi connectivity index (χ0) is 18.2. The van der Waals surface area contributed by atoms with E-state index in [9.17, 15) is 24.5 Å². The van der Waals surface area contributed by atoms with Crippen LogP contribution in [0.4, 0.5) is 16.2 Å². The van der Waals surface area contributed by atoms with Gasteiger partial charge < -0.3 is 10.6 Å². The Hall–Kier alpha value is -2.33. The van der Waals surface area contributed by atoms with E-state index < -0.39 is 34.9 Å². The molecule has 2 N–H and O–H groups in total. The first-order chi connectivity index (χ1) is 11.8. The van der Waals surface area contributed by atoms with Gasteiger partial charge in [0.2, 0.25) is 5.91 Å². The van der Waals surface area contributed by atoms with Crippen LogP contribution < -0.4 is 10.6 Å². The smallest absolute Gasteiger partial charge is 0.323 e. The molecule has 2 fully saturated rings. The summed E-state index contributed by atoms with van der Waals surface area (Å²) in [6, 6.07) is 2.99. The number of carbonyl (C=O) groups is 3. The minimum atomic E-state index is -0.910. The van der Waals surface area contributed by atoms with E-state index in [0.29, 0.717) is 12.2 Å². The molecular formula is C14H13ClN4O5S. The predicted molar refractivity (Wildman–Crippen MR) is 91.7 cm³/mol. The fourth-order valence-corrected chi connectivity index (χ4v) is 4.25. The van der Waals surface area contributed by atoms with Crippen LogP contribution >= 0.6 is 23.4 Å². The van der Waals surface area contributed by atoms with E-state index in [2.05, 4.69) is 10.6 Å². The largest absolute Gasteiger partial charge is 0.325 e. The normalized spacial score (nSPS) is 22.4. The first kappa shape index (κ1) is 17.5. The summed E-state index contributed by atoms with van der Waals surface area (Å²) in [7, 11) is 0. The standard InChI is InChI=1S/C14H13ClN4O5S/c15-9-5-8(19(23)24)1-2-10(9)16-11(20)6-18-12(21)14(17-13(18)22)3-4-25-7-14/h1-2,5H,3-4,6-7H2,(H,16,20)(H,17,22). The van der Waals surface area contributed by atoms with E-state index in [1.807, 2.05) is 0 Å². The lowest BCUT2D eigenvalue weighted by atomic mass is 9.99. The Bertz CT molecular complexity index is 780. The van der Waals surface area contributed by atoms with Crippen LogP contribution in [0.1, 0.15) is 6.42 Å². The number of amides is 4. The van der Waals surface area contributed by atoms with Crippen LogP contribution in [-0.4, -0.2) is 51.3 Å². The summed E-state index contributed by atoms with van der Waals surface area (Å²) in [5, 5.41) is 15.8. The van der Waals surface area contributed by atoms with Gasteiger partial charge in [-0.05, 0) is 18.2 Å². The van der Waals surface area contributed by atoms with Gasteiger partial charge in [0, 0.05) is 17.9 Å². The molecule has 0 bridgehead atoms. The van der Waals surface area contributed by atoms with Crippen molar-refractivity contribution < 1.29 is 19.3 Å². The number of nitrogens with zero attached hydrogens (tertiary/aromatic N) is 2. The molecule has 1 unspecified atom stereocenters. The number of nitrogens with one attached hydrogen (secondary N) is 2. The highest BCUT2D eigenvalue weighted by molar-refractivity contribution is 7.99. The summed E-state index contributed by atoms with van der Waals surface area (Å²) in [5.74, 6) is 0.225. The summed E-state index contributed by atoms with van der Waals surface area (Å²) in [4.78, 5) is 47.6. The lowest BCUT2D eigenvalue weighted by molar-refractivity contribution is -0.384. The van der Waals surface area contributed by atoms with Crippen molar-refractivity contribution in [1.29, 1.82) is 0 Å². The van der Waals surface area contributed by atoms with Crippen molar-refractivity contribution >= 4 is 52.6 Å². The van der Waals surface area contributed by atoms with E-state index in [1.165, 1.54) is 12.1 Å². The minimum Gasteiger partial charge on any atom is -0.323 e. The molecule has 25 heavy (non-hydrogen) atoms. The number of non-ortho nitro benzene ring substituents is 1. The number of urea groups is 1. The van der Waals surface area contributed by atoms with Crippen LogP contribution in [0, 0.1) is 10.1 Å². The predicted octanol–water partition coefficient (Wildman–Crippen LogP) is 1.61. The van der Waals surface area contributed by atoms with Crippen molar-refractivity contribution in [2.24, 2.45) is 0 Å². The highest BCUT2D eigenvalue weighted by Crippen LogP contribution is 2.33. The number of imide groups is 1. The molecule has 0 aromatic heterocycles. The average Bonchev–Trinajstić information content (AvgIpc) is 3.10. The first-order valence-corrected chi connectivity index (χ1v) is 8.81. The molecule has 3 rings (SSSR count). The van der Waals surface area contributed by atoms with Crippen LogP contribution in [0.25, 0.3) is 0 Å². The second-order valence-corrected chi connectivity index (χ2v) is 7.19. The molecule has 0 aliphatic carbocycles.